The van der Waals surface area contributed by atoms with Gasteiger partial charge in [0.2, 0.25) is 0 Å². The van der Waals surface area contributed by atoms with Gasteiger partial charge in [-0.1, -0.05) is 13.0 Å². The standard InChI is InChI=1S/C18H17N5/c1-3-13-8-15-9-14(5-6-16(15)19-11-13)10-18-21-20-17-7-4-12(2)22-23(17)18/h4-9,11H,3,10H2,1-2H3. The molecule has 0 spiro atoms. The Balaban J connectivity index is 1.75. The summed E-state index contributed by atoms with van der Waals surface area (Å²) in [6, 6.07) is 12.4. The molecule has 4 aromatic rings. The highest BCUT2D eigenvalue weighted by Gasteiger charge is 2.08. The van der Waals surface area contributed by atoms with Crippen molar-refractivity contribution in [3.8, 4) is 0 Å². The molecule has 0 radical (unpaired) electrons. The lowest BCUT2D eigenvalue weighted by Crippen LogP contribution is -2.01. The zero-order chi connectivity index (χ0) is 15.8. The van der Waals surface area contributed by atoms with Gasteiger partial charge in [0.05, 0.1) is 11.2 Å². The van der Waals surface area contributed by atoms with Crippen molar-refractivity contribution >= 4 is 16.6 Å². The molecule has 5 heteroatoms. The van der Waals surface area contributed by atoms with Crippen LogP contribution in [0.15, 0.2) is 42.6 Å². The van der Waals surface area contributed by atoms with Gasteiger partial charge in [-0.05, 0) is 54.8 Å². The maximum atomic E-state index is 4.51. The van der Waals surface area contributed by atoms with Crippen LogP contribution in [0.25, 0.3) is 16.6 Å². The molecule has 0 saturated carbocycles. The van der Waals surface area contributed by atoms with Crippen molar-refractivity contribution in [1.29, 1.82) is 0 Å². The lowest BCUT2D eigenvalue weighted by atomic mass is 10.1. The molecule has 0 aliphatic carbocycles. The Morgan fingerprint density at radius 3 is 2.74 bits per heavy atom. The molecule has 0 saturated heterocycles. The molecule has 3 heterocycles. The number of rotatable bonds is 3. The first-order chi connectivity index (χ1) is 11.2. The SMILES string of the molecule is CCc1cnc2ccc(Cc3nnc4ccc(C)nn34)cc2c1. The minimum absolute atomic E-state index is 0.698. The molecule has 5 nitrogen and oxygen atoms in total. The predicted molar refractivity (Wildman–Crippen MR) is 89.4 cm³/mol. The summed E-state index contributed by atoms with van der Waals surface area (Å²) < 4.78 is 1.82. The molecule has 0 N–H and O–H groups in total. The number of benzene rings is 1. The van der Waals surface area contributed by atoms with E-state index in [4.69, 9.17) is 0 Å². The lowest BCUT2D eigenvalue weighted by Gasteiger charge is -2.04. The van der Waals surface area contributed by atoms with Crippen molar-refractivity contribution in [2.24, 2.45) is 0 Å². The van der Waals surface area contributed by atoms with Crippen LogP contribution >= 0.6 is 0 Å². The summed E-state index contributed by atoms with van der Waals surface area (Å²) in [4.78, 5) is 4.51. The van der Waals surface area contributed by atoms with E-state index in [0.717, 1.165) is 29.1 Å². The molecule has 0 aliphatic heterocycles. The number of hydrogen-bond donors (Lipinski definition) is 0. The van der Waals surface area contributed by atoms with E-state index < -0.39 is 0 Å². The van der Waals surface area contributed by atoms with Crippen molar-refractivity contribution in [3.05, 3.63) is 65.2 Å². The van der Waals surface area contributed by atoms with Gasteiger partial charge in [-0.15, -0.1) is 10.2 Å². The quantitative estimate of drug-likeness (QED) is 0.583. The molecule has 0 bridgehead atoms. The van der Waals surface area contributed by atoms with Crippen LogP contribution in [0.2, 0.25) is 0 Å². The second-order valence-electron chi connectivity index (χ2n) is 5.76. The largest absolute Gasteiger partial charge is 0.256 e. The first-order valence-corrected chi connectivity index (χ1v) is 7.78. The Bertz CT molecular complexity index is 1000. The monoisotopic (exact) mass is 303 g/mol. The molecular weight excluding hydrogens is 286 g/mol. The lowest BCUT2D eigenvalue weighted by molar-refractivity contribution is 0.821. The van der Waals surface area contributed by atoms with Gasteiger partial charge >= 0.3 is 0 Å². The maximum absolute atomic E-state index is 4.51. The Labute approximate surface area is 134 Å². The van der Waals surface area contributed by atoms with Crippen LogP contribution in [0.4, 0.5) is 0 Å². The third kappa shape index (κ3) is 2.54. The van der Waals surface area contributed by atoms with Crippen LogP contribution in [0.1, 0.15) is 29.6 Å². The second-order valence-corrected chi connectivity index (χ2v) is 5.76. The van der Waals surface area contributed by atoms with Crippen LogP contribution in [0, 0.1) is 6.92 Å². The summed E-state index contributed by atoms with van der Waals surface area (Å²) in [5.74, 6) is 0.850. The van der Waals surface area contributed by atoms with Crippen molar-refractivity contribution in [3.63, 3.8) is 0 Å². The fraction of sp³-hybridized carbons (Fsp3) is 0.222. The zero-order valence-electron chi connectivity index (χ0n) is 13.2. The third-order valence-electron chi connectivity index (χ3n) is 4.03. The topological polar surface area (TPSA) is 56.0 Å². The van der Waals surface area contributed by atoms with Crippen LogP contribution in [-0.2, 0) is 12.8 Å². The van der Waals surface area contributed by atoms with Gasteiger partial charge in [0.15, 0.2) is 11.5 Å². The smallest absolute Gasteiger partial charge is 0.177 e. The zero-order valence-corrected chi connectivity index (χ0v) is 13.2. The van der Waals surface area contributed by atoms with Gasteiger partial charge < -0.3 is 0 Å². The highest BCUT2D eigenvalue weighted by atomic mass is 15.4. The average molecular weight is 303 g/mol. The molecule has 0 amide bonds. The van der Waals surface area contributed by atoms with Gasteiger partial charge in [0.25, 0.3) is 0 Å². The summed E-state index contributed by atoms with van der Waals surface area (Å²) in [5.41, 5.74) is 5.19. The summed E-state index contributed by atoms with van der Waals surface area (Å²) in [5, 5.41) is 14.1. The van der Waals surface area contributed by atoms with Crippen LogP contribution in [-0.4, -0.2) is 24.8 Å². The predicted octanol–water partition coefficient (Wildman–Crippen LogP) is 3.13. The van der Waals surface area contributed by atoms with E-state index in [1.807, 2.05) is 29.8 Å². The van der Waals surface area contributed by atoms with Gasteiger partial charge in [-0.3, -0.25) is 4.98 Å². The minimum Gasteiger partial charge on any atom is -0.256 e. The fourth-order valence-electron chi connectivity index (χ4n) is 2.75. The number of hydrogen-bond acceptors (Lipinski definition) is 4. The van der Waals surface area contributed by atoms with E-state index in [-0.39, 0.29) is 0 Å². The molecule has 0 fully saturated rings. The Hall–Kier alpha value is -2.82. The number of nitrogens with zero attached hydrogens (tertiary/aromatic N) is 5. The van der Waals surface area contributed by atoms with Crippen LogP contribution in [0.5, 0.6) is 0 Å². The highest BCUT2D eigenvalue weighted by Crippen LogP contribution is 2.18. The van der Waals surface area contributed by atoms with E-state index >= 15 is 0 Å². The van der Waals surface area contributed by atoms with E-state index in [1.54, 1.807) is 0 Å². The molecule has 0 aliphatic rings. The van der Waals surface area contributed by atoms with Crippen molar-refractivity contribution < 1.29 is 0 Å². The molecule has 23 heavy (non-hydrogen) atoms. The summed E-state index contributed by atoms with van der Waals surface area (Å²) in [6.07, 6.45) is 3.63. The van der Waals surface area contributed by atoms with Crippen molar-refractivity contribution in [2.75, 3.05) is 0 Å². The van der Waals surface area contributed by atoms with Gasteiger partial charge in [0, 0.05) is 18.0 Å². The number of aryl methyl sites for hydroxylation is 2. The molecule has 4 rings (SSSR count). The second kappa shape index (κ2) is 5.43. The van der Waals surface area contributed by atoms with Gasteiger partial charge in [0.1, 0.15) is 0 Å². The Morgan fingerprint density at radius 2 is 1.87 bits per heavy atom. The Kier molecular flexibility index (Phi) is 3.26. The van der Waals surface area contributed by atoms with Crippen LogP contribution < -0.4 is 0 Å². The van der Waals surface area contributed by atoms with E-state index in [2.05, 4.69) is 51.5 Å². The summed E-state index contributed by atoms with van der Waals surface area (Å²) in [6.45, 7) is 4.11. The highest BCUT2D eigenvalue weighted by molar-refractivity contribution is 5.79. The fourth-order valence-corrected chi connectivity index (χ4v) is 2.75. The first kappa shape index (κ1) is 13.8. The number of fused-ring (bicyclic) bond motifs is 2. The number of pyridine rings is 1. The molecule has 3 aromatic heterocycles. The molecule has 0 atom stereocenters. The third-order valence-corrected chi connectivity index (χ3v) is 4.03. The average Bonchev–Trinajstić information content (AvgIpc) is 2.96. The minimum atomic E-state index is 0.698. The van der Waals surface area contributed by atoms with Crippen molar-refractivity contribution in [1.82, 2.24) is 24.8 Å². The van der Waals surface area contributed by atoms with Gasteiger partial charge in [-0.2, -0.15) is 9.61 Å². The maximum Gasteiger partial charge on any atom is 0.177 e. The van der Waals surface area contributed by atoms with E-state index in [1.165, 1.54) is 16.5 Å². The molecular formula is C18H17N5. The van der Waals surface area contributed by atoms with Crippen molar-refractivity contribution in [2.45, 2.75) is 26.7 Å². The Morgan fingerprint density at radius 1 is 1.00 bits per heavy atom. The first-order valence-electron chi connectivity index (χ1n) is 7.78. The molecule has 1 aromatic carbocycles. The normalized spacial score (nSPS) is 11.4. The summed E-state index contributed by atoms with van der Waals surface area (Å²) >= 11 is 0. The van der Waals surface area contributed by atoms with Crippen LogP contribution in [0.3, 0.4) is 0 Å². The molecule has 0 unspecified atom stereocenters. The summed E-state index contributed by atoms with van der Waals surface area (Å²) in [7, 11) is 0. The van der Waals surface area contributed by atoms with Gasteiger partial charge in [-0.25, -0.2) is 0 Å². The molecule has 114 valence electrons. The number of aromatic nitrogens is 5. The van der Waals surface area contributed by atoms with E-state index in [0.29, 0.717) is 6.42 Å². The van der Waals surface area contributed by atoms with E-state index in [9.17, 15) is 0 Å².